The number of anilines is 1. The van der Waals surface area contributed by atoms with Crippen LogP contribution in [0.3, 0.4) is 0 Å². The Morgan fingerprint density at radius 2 is 1.81 bits per heavy atom. The zero-order valence-corrected chi connectivity index (χ0v) is 15.7. The van der Waals surface area contributed by atoms with Crippen molar-refractivity contribution in [3.05, 3.63) is 71.0 Å². The minimum absolute atomic E-state index is 0.180. The van der Waals surface area contributed by atoms with Gasteiger partial charge in [-0.05, 0) is 38.1 Å². The van der Waals surface area contributed by atoms with E-state index in [-0.39, 0.29) is 17.9 Å². The molecule has 6 heteroatoms. The zero-order valence-electron chi connectivity index (χ0n) is 14.9. The number of carbonyl (C=O) groups is 1. The van der Waals surface area contributed by atoms with E-state index in [1.165, 1.54) is 17.0 Å². The van der Waals surface area contributed by atoms with Gasteiger partial charge in [0.2, 0.25) is 0 Å². The summed E-state index contributed by atoms with van der Waals surface area (Å²) in [7, 11) is 1.66. The van der Waals surface area contributed by atoms with Gasteiger partial charge in [0.1, 0.15) is 10.8 Å². The molecule has 134 valence electrons. The van der Waals surface area contributed by atoms with Gasteiger partial charge in [-0.25, -0.2) is 14.2 Å². The second-order valence-electron chi connectivity index (χ2n) is 6.04. The molecular formula is C20H20FN3OS. The van der Waals surface area contributed by atoms with Gasteiger partial charge in [-0.2, -0.15) is 0 Å². The molecule has 0 saturated heterocycles. The molecule has 26 heavy (non-hydrogen) atoms. The van der Waals surface area contributed by atoms with E-state index in [4.69, 9.17) is 0 Å². The van der Waals surface area contributed by atoms with Gasteiger partial charge in [-0.1, -0.05) is 30.3 Å². The summed E-state index contributed by atoms with van der Waals surface area (Å²) in [6.45, 7) is 3.89. The van der Waals surface area contributed by atoms with Crippen LogP contribution in [0.25, 0.3) is 10.6 Å². The number of hydrogen-bond donors (Lipinski definition) is 1. The van der Waals surface area contributed by atoms with Crippen molar-refractivity contribution in [1.29, 1.82) is 0 Å². The number of benzene rings is 2. The van der Waals surface area contributed by atoms with Gasteiger partial charge < -0.3 is 5.32 Å². The fourth-order valence-corrected chi connectivity index (χ4v) is 3.72. The second-order valence-corrected chi connectivity index (χ2v) is 7.07. The number of rotatable bonds is 4. The molecule has 2 amide bonds. The molecule has 1 N–H and O–H groups in total. The Morgan fingerprint density at radius 1 is 1.15 bits per heavy atom. The van der Waals surface area contributed by atoms with E-state index in [2.05, 4.69) is 10.3 Å². The Kier molecular flexibility index (Phi) is 5.32. The molecule has 0 spiro atoms. The summed E-state index contributed by atoms with van der Waals surface area (Å²) in [6, 6.07) is 15.4. The summed E-state index contributed by atoms with van der Waals surface area (Å²) >= 11 is 1.58. The van der Waals surface area contributed by atoms with Crippen molar-refractivity contribution in [2.75, 3.05) is 11.9 Å². The first-order chi connectivity index (χ1) is 12.5. The lowest BCUT2D eigenvalue weighted by atomic mass is 10.2. The highest BCUT2D eigenvalue weighted by Crippen LogP contribution is 2.31. The van der Waals surface area contributed by atoms with Crippen LogP contribution in [-0.4, -0.2) is 18.1 Å². The number of urea groups is 1. The van der Waals surface area contributed by atoms with Crippen molar-refractivity contribution in [2.45, 2.75) is 19.9 Å². The third-order valence-electron chi connectivity index (χ3n) is 4.11. The predicted octanol–water partition coefficient (Wildman–Crippen LogP) is 5.16. The van der Waals surface area contributed by atoms with Gasteiger partial charge in [0.05, 0.1) is 16.6 Å². The van der Waals surface area contributed by atoms with Crippen molar-refractivity contribution >= 4 is 23.1 Å². The second kappa shape index (κ2) is 7.66. The monoisotopic (exact) mass is 369 g/mol. The van der Waals surface area contributed by atoms with Crippen LogP contribution in [-0.2, 0) is 0 Å². The largest absolute Gasteiger partial charge is 0.330 e. The van der Waals surface area contributed by atoms with Crippen LogP contribution in [0.15, 0.2) is 54.6 Å². The van der Waals surface area contributed by atoms with Crippen molar-refractivity contribution in [2.24, 2.45) is 0 Å². The van der Waals surface area contributed by atoms with Gasteiger partial charge in [0.15, 0.2) is 0 Å². The molecule has 0 aliphatic rings. The Morgan fingerprint density at radius 3 is 2.46 bits per heavy atom. The summed E-state index contributed by atoms with van der Waals surface area (Å²) in [5.41, 5.74) is 2.60. The number of nitrogens with one attached hydrogen (secondary N) is 1. The highest BCUT2D eigenvalue weighted by atomic mass is 32.1. The molecule has 3 rings (SSSR count). The number of amides is 2. The molecular weight excluding hydrogens is 349 g/mol. The van der Waals surface area contributed by atoms with Crippen LogP contribution in [0.2, 0.25) is 0 Å². The molecule has 0 saturated carbocycles. The van der Waals surface area contributed by atoms with Crippen LogP contribution >= 0.6 is 11.3 Å². The number of nitrogens with zero attached hydrogens (tertiary/aromatic N) is 2. The lowest BCUT2D eigenvalue weighted by molar-refractivity contribution is 0.245. The summed E-state index contributed by atoms with van der Waals surface area (Å²) in [5, 5.41) is 3.91. The van der Waals surface area contributed by atoms with E-state index in [9.17, 15) is 9.18 Å². The van der Waals surface area contributed by atoms with Crippen LogP contribution in [0.1, 0.15) is 23.5 Å². The van der Waals surface area contributed by atoms with Gasteiger partial charge in [0, 0.05) is 18.3 Å². The van der Waals surface area contributed by atoms with E-state index in [0.29, 0.717) is 5.69 Å². The maximum absolute atomic E-state index is 13.0. The SMILES string of the molecule is Cc1nc(-c2ccccc2)sc1[C@H](C)NC(=O)N(C)c1ccc(F)cc1. The Balaban J connectivity index is 1.73. The molecule has 1 heterocycles. The molecule has 0 fully saturated rings. The van der Waals surface area contributed by atoms with E-state index < -0.39 is 0 Å². The summed E-state index contributed by atoms with van der Waals surface area (Å²) in [4.78, 5) is 19.6. The van der Waals surface area contributed by atoms with E-state index in [1.54, 1.807) is 30.5 Å². The maximum atomic E-state index is 13.0. The Hall–Kier alpha value is -2.73. The highest BCUT2D eigenvalue weighted by molar-refractivity contribution is 7.15. The van der Waals surface area contributed by atoms with Gasteiger partial charge >= 0.3 is 6.03 Å². The van der Waals surface area contributed by atoms with Gasteiger partial charge in [0.25, 0.3) is 0 Å². The maximum Gasteiger partial charge on any atom is 0.322 e. The lowest BCUT2D eigenvalue weighted by Crippen LogP contribution is -2.38. The number of carbonyl (C=O) groups excluding carboxylic acids is 1. The van der Waals surface area contributed by atoms with E-state index >= 15 is 0 Å². The first-order valence-electron chi connectivity index (χ1n) is 8.28. The van der Waals surface area contributed by atoms with Crippen LogP contribution < -0.4 is 10.2 Å². The number of thiazole rings is 1. The standard InChI is InChI=1S/C20H20FN3OS/c1-13-18(26-19(22-13)15-7-5-4-6-8-15)14(2)23-20(25)24(3)17-11-9-16(21)10-12-17/h4-12,14H,1-3H3,(H,23,25)/t14-/m0/s1. The van der Waals surface area contributed by atoms with E-state index in [0.717, 1.165) is 21.1 Å². The van der Waals surface area contributed by atoms with Crippen molar-refractivity contribution in [3.63, 3.8) is 0 Å². The molecule has 0 unspecified atom stereocenters. The molecule has 0 aliphatic carbocycles. The first-order valence-corrected chi connectivity index (χ1v) is 9.10. The third kappa shape index (κ3) is 3.91. The molecule has 2 aromatic carbocycles. The topological polar surface area (TPSA) is 45.2 Å². The third-order valence-corrected chi connectivity index (χ3v) is 5.49. The molecule has 0 bridgehead atoms. The predicted molar refractivity (Wildman–Crippen MR) is 104 cm³/mol. The summed E-state index contributed by atoms with van der Waals surface area (Å²) in [5.74, 6) is -0.329. The minimum atomic E-state index is -0.329. The fourth-order valence-electron chi connectivity index (χ4n) is 2.64. The molecule has 3 aromatic rings. The molecule has 4 nitrogen and oxygen atoms in total. The number of aryl methyl sites for hydroxylation is 1. The first kappa shape index (κ1) is 18.1. The Bertz CT molecular complexity index is 893. The van der Waals surface area contributed by atoms with Crippen molar-refractivity contribution in [3.8, 4) is 10.6 Å². The smallest absolute Gasteiger partial charge is 0.322 e. The Labute approximate surface area is 156 Å². The normalized spacial score (nSPS) is 11.8. The number of halogens is 1. The van der Waals surface area contributed by atoms with Crippen LogP contribution in [0, 0.1) is 12.7 Å². The molecule has 1 atom stereocenters. The van der Waals surface area contributed by atoms with Crippen LogP contribution in [0.4, 0.5) is 14.9 Å². The average Bonchev–Trinajstić information content (AvgIpc) is 3.04. The van der Waals surface area contributed by atoms with Crippen LogP contribution in [0.5, 0.6) is 0 Å². The van der Waals surface area contributed by atoms with Crippen molar-refractivity contribution in [1.82, 2.24) is 10.3 Å². The molecule has 0 radical (unpaired) electrons. The summed E-state index contributed by atoms with van der Waals surface area (Å²) in [6.07, 6.45) is 0. The number of aromatic nitrogens is 1. The quantitative estimate of drug-likeness (QED) is 0.690. The lowest BCUT2D eigenvalue weighted by Gasteiger charge is -2.21. The zero-order chi connectivity index (χ0) is 18.7. The fraction of sp³-hybridized carbons (Fsp3) is 0.200. The molecule has 1 aromatic heterocycles. The summed E-state index contributed by atoms with van der Waals surface area (Å²) < 4.78 is 13.0. The van der Waals surface area contributed by atoms with Crippen molar-refractivity contribution < 1.29 is 9.18 Å². The van der Waals surface area contributed by atoms with Gasteiger partial charge in [-0.15, -0.1) is 11.3 Å². The average molecular weight is 369 g/mol. The van der Waals surface area contributed by atoms with Gasteiger partial charge in [-0.3, -0.25) is 4.90 Å². The number of hydrogen-bond acceptors (Lipinski definition) is 3. The minimum Gasteiger partial charge on any atom is -0.330 e. The highest BCUT2D eigenvalue weighted by Gasteiger charge is 2.19. The molecule has 0 aliphatic heterocycles. The van der Waals surface area contributed by atoms with E-state index in [1.807, 2.05) is 44.2 Å².